The second kappa shape index (κ2) is 5.42. The van der Waals surface area contributed by atoms with Crippen LogP contribution in [0.15, 0.2) is 24.3 Å². The van der Waals surface area contributed by atoms with Gasteiger partial charge in [-0.1, -0.05) is 18.2 Å². The first-order valence-electron chi connectivity index (χ1n) is 6.73. The molecule has 2 aromatic rings. The average molecular weight is 313 g/mol. The molecule has 21 heavy (non-hydrogen) atoms. The minimum atomic E-state index is -4.32. The summed E-state index contributed by atoms with van der Waals surface area (Å²) in [6.07, 6.45) is -2.18. The molecular weight excluding hydrogens is 299 g/mol. The fourth-order valence-corrected chi connectivity index (χ4v) is 3.74. The molecule has 1 aliphatic rings. The molecule has 1 unspecified atom stereocenters. The number of nitrogens with zero attached hydrogens (tertiary/aromatic N) is 1. The van der Waals surface area contributed by atoms with Gasteiger partial charge in [0.25, 0.3) is 0 Å². The van der Waals surface area contributed by atoms with Gasteiger partial charge in [-0.25, -0.2) is 4.98 Å². The van der Waals surface area contributed by atoms with Crippen molar-refractivity contribution in [1.29, 1.82) is 0 Å². The number of hydrogen-bond acceptors (Lipinski definition) is 3. The standard InChI is InChI=1S/C15H14F3NOS/c16-15(17,18)10-3-1-2-9(6-10)7-14-19-12-5-4-11(20)8-13(12)21-14/h1-3,6,11,20H,4-5,7-8H2. The van der Waals surface area contributed by atoms with E-state index < -0.39 is 11.7 Å². The third-order valence-corrected chi connectivity index (χ3v) is 4.69. The van der Waals surface area contributed by atoms with Gasteiger partial charge >= 0.3 is 6.18 Å². The van der Waals surface area contributed by atoms with Crippen LogP contribution in [0, 0.1) is 0 Å². The van der Waals surface area contributed by atoms with E-state index in [1.165, 1.54) is 23.5 Å². The van der Waals surface area contributed by atoms with Crippen LogP contribution in [0.25, 0.3) is 0 Å². The van der Waals surface area contributed by atoms with Crippen molar-refractivity contribution in [3.63, 3.8) is 0 Å². The Labute approximate surface area is 124 Å². The molecule has 112 valence electrons. The number of alkyl halides is 3. The number of hydrogen-bond donors (Lipinski definition) is 1. The van der Waals surface area contributed by atoms with E-state index in [-0.39, 0.29) is 6.10 Å². The van der Waals surface area contributed by atoms with Crippen LogP contribution in [0.1, 0.15) is 33.1 Å². The Kier molecular flexibility index (Phi) is 3.75. The van der Waals surface area contributed by atoms with Gasteiger partial charge in [0.1, 0.15) is 0 Å². The van der Waals surface area contributed by atoms with Crippen LogP contribution in [-0.2, 0) is 25.4 Å². The van der Waals surface area contributed by atoms with E-state index in [1.54, 1.807) is 6.07 Å². The smallest absolute Gasteiger partial charge is 0.393 e. The molecule has 1 N–H and O–H groups in total. The third kappa shape index (κ3) is 3.27. The molecule has 0 fully saturated rings. The first-order valence-corrected chi connectivity index (χ1v) is 7.55. The van der Waals surface area contributed by atoms with Crippen LogP contribution in [0.2, 0.25) is 0 Å². The van der Waals surface area contributed by atoms with Crippen molar-refractivity contribution in [2.75, 3.05) is 0 Å². The maximum atomic E-state index is 12.7. The monoisotopic (exact) mass is 313 g/mol. The molecule has 3 rings (SSSR count). The zero-order chi connectivity index (χ0) is 15.0. The Morgan fingerprint density at radius 2 is 2.14 bits per heavy atom. The Bertz CT molecular complexity index is 651. The largest absolute Gasteiger partial charge is 0.416 e. The second-order valence-corrected chi connectivity index (χ2v) is 6.42. The van der Waals surface area contributed by atoms with Gasteiger partial charge in [0.15, 0.2) is 0 Å². The van der Waals surface area contributed by atoms with E-state index in [0.29, 0.717) is 24.8 Å². The van der Waals surface area contributed by atoms with Crippen LogP contribution in [0.5, 0.6) is 0 Å². The number of rotatable bonds is 2. The topological polar surface area (TPSA) is 33.1 Å². The third-order valence-electron chi connectivity index (χ3n) is 3.57. The molecule has 1 aromatic carbocycles. The van der Waals surface area contributed by atoms with Crippen molar-refractivity contribution >= 4 is 11.3 Å². The summed E-state index contributed by atoms with van der Waals surface area (Å²) in [5.41, 5.74) is 0.973. The van der Waals surface area contributed by atoms with E-state index in [1.807, 2.05) is 0 Å². The van der Waals surface area contributed by atoms with Crippen molar-refractivity contribution in [3.8, 4) is 0 Å². The number of benzene rings is 1. The lowest BCUT2D eigenvalue weighted by molar-refractivity contribution is -0.137. The summed E-state index contributed by atoms with van der Waals surface area (Å²) in [6, 6.07) is 5.36. The molecule has 0 saturated heterocycles. The van der Waals surface area contributed by atoms with Gasteiger partial charge in [0.05, 0.1) is 22.4 Å². The first kappa shape index (κ1) is 14.5. The molecule has 2 nitrogen and oxygen atoms in total. The number of aryl methyl sites for hydroxylation is 1. The molecule has 1 atom stereocenters. The number of aromatic nitrogens is 1. The minimum Gasteiger partial charge on any atom is -0.393 e. The van der Waals surface area contributed by atoms with Crippen LogP contribution in [-0.4, -0.2) is 16.2 Å². The van der Waals surface area contributed by atoms with Crippen LogP contribution >= 0.6 is 11.3 Å². The Morgan fingerprint density at radius 1 is 1.33 bits per heavy atom. The van der Waals surface area contributed by atoms with E-state index in [0.717, 1.165) is 28.1 Å². The molecule has 6 heteroatoms. The number of thiazole rings is 1. The van der Waals surface area contributed by atoms with Crippen molar-refractivity contribution in [2.24, 2.45) is 0 Å². The summed E-state index contributed by atoms with van der Waals surface area (Å²) in [5, 5.41) is 10.4. The predicted molar refractivity (Wildman–Crippen MR) is 74.4 cm³/mol. The Morgan fingerprint density at radius 3 is 2.90 bits per heavy atom. The number of halogens is 3. The van der Waals surface area contributed by atoms with E-state index in [2.05, 4.69) is 4.98 Å². The van der Waals surface area contributed by atoms with Gasteiger partial charge in [-0.05, 0) is 24.5 Å². The van der Waals surface area contributed by atoms with Crippen molar-refractivity contribution in [2.45, 2.75) is 38.0 Å². The van der Waals surface area contributed by atoms with Gasteiger partial charge in [-0.2, -0.15) is 13.2 Å². The normalized spacial score (nSPS) is 18.6. The first-order chi connectivity index (χ1) is 9.91. The SMILES string of the molecule is OC1CCc2nc(Cc3cccc(C(F)(F)F)c3)sc2C1. The van der Waals surface area contributed by atoms with Crippen molar-refractivity contribution < 1.29 is 18.3 Å². The highest BCUT2D eigenvalue weighted by Gasteiger charge is 2.30. The number of aliphatic hydroxyl groups excluding tert-OH is 1. The summed E-state index contributed by atoms with van der Waals surface area (Å²) >= 11 is 1.49. The lowest BCUT2D eigenvalue weighted by Gasteiger charge is -2.14. The maximum Gasteiger partial charge on any atom is 0.416 e. The fraction of sp³-hybridized carbons (Fsp3) is 0.400. The highest BCUT2D eigenvalue weighted by molar-refractivity contribution is 7.11. The lowest BCUT2D eigenvalue weighted by atomic mass is 10.0. The second-order valence-electron chi connectivity index (χ2n) is 5.25. The molecular formula is C15H14F3NOS. The van der Waals surface area contributed by atoms with Gasteiger partial charge < -0.3 is 5.11 Å². The van der Waals surface area contributed by atoms with E-state index in [4.69, 9.17) is 0 Å². The fourth-order valence-electron chi connectivity index (χ4n) is 2.52. The van der Waals surface area contributed by atoms with E-state index >= 15 is 0 Å². The van der Waals surface area contributed by atoms with Crippen molar-refractivity contribution in [3.05, 3.63) is 51.0 Å². The van der Waals surface area contributed by atoms with Crippen molar-refractivity contribution in [1.82, 2.24) is 4.98 Å². The van der Waals surface area contributed by atoms with E-state index in [9.17, 15) is 18.3 Å². The highest BCUT2D eigenvalue weighted by atomic mass is 32.1. The molecule has 0 saturated carbocycles. The summed E-state index contributed by atoms with van der Waals surface area (Å²) in [7, 11) is 0. The van der Waals surface area contributed by atoms with Crippen LogP contribution < -0.4 is 0 Å². The molecule has 0 bridgehead atoms. The Balaban J connectivity index is 1.81. The highest BCUT2D eigenvalue weighted by Crippen LogP contribution is 2.31. The number of aliphatic hydroxyl groups is 1. The quantitative estimate of drug-likeness (QED) is 0.919. The maximum absolute atomic E-state index is 12.7. The summed E-state index contributed by atoms with van der Waals surface area (Å²) in [5.74, 6) is 0. The minimum absolute atomic E-state index is 0.320. The molecule has 0 amide bonds. The molecule has 0 spiro atoms. The zero-order valence-electron chi connectivity index (χ0n) is 11.2. The van der Waals surface area contributed by atoms with Gasteiger partial charge in [0, 0.05) is 17.7 Å². The van der Waals surface area contributed by atoms with Gasteiger partial charge in [0.2, 0.25) is 0 Å². The lowest BCUT2D eigenvalue weighted by Crippen LogP contribution is -2.17. The molecule has 1 aliphatic carbocycles. The zero-order valence-corrected chi connectivity index (χ0v) is 12.0. The van der Waals surface area contributed by atoms with Gasteiger partial charge in [-0.15, -0.1) is 11.3 Å². The summed E-state index contributed by atoms with van der Waals surface area (Å²) in [4.78, 5) is 5.56. The molecule has 0 radical (unpaired) electrons. The molecule has 1 heterocycles. The average Bonchev–Trinajstić information content (AvgIpc) is 2.79. The number of fused-ring (bicyclic) bond motifs is 1. The summed E-state index contributed by atoms with van der Waals surface area (Å²) in [6.45, 7) is 0. The van der Waals surface area contributed by atoms with Crippen LogP contribution in [0.3, 0.4) is 0 Å². The Hall–Kier alpha value is -1.40. The predicted octanol–water partition coefficient (Wildman–Crippen LogP) is 3.60. The molecule has 1 aromatic heterocycles. The summed E-state index contributed by atoms with van der Waals surface area (Å²) < 4.78 is 38.1. The van der Waals surface area contributed by atoms with Gasteiger partial charge in [-0.3, -0.25) is 0 Å². The molecule has 0 aliphatic heterocycles. The van der Waals surface area contributed by atoms with Crippen LogP contribution in [0.4, 0.5) is 13.2 Å².